The van der Waals surface area contributed by atoms with Crippen LogP contribution in [0.2, 0.25) is 0 Å². The van der Waals surface area contributed by atoms with Gasteiger partial charge in [0.1, 0.15) is 5.75 Å². The van der Waals surface area contributed by atoms with Gasteiger partial charge in [0, 0.05) is 12.6 Å². The molecule has 0 saturated carbocycles. The van der Waals surface area contributed by atoms with E-state index in [0.29, 0.717) is 39.3 Å². The minimum absolute atomic E-state index is 0.291. The molecule has 0 bridgehead atoms. The summed E-state index contributed by atoms with van der Waals surface area (Å²) in [6.45, 7) is 0. The molecule has 1 N–H and O–H groups in total. The van der Waals surface area contributed by atoms with Crippen LogP contribution in [0.15, 0.2) is 60.8 Å². The molecule has 4 rings (SSSR count). The molecule has 2 aromatic heterocycles. The molecule has 9 heteroatoms. The van der Waals surface area contributed by atoms with Crippen LogP contribution < -0.4 is 10.1 Å². The van der Waals surface area contributed by atoms with Gasteiger partial charge in [-0.05, 0) is 30.3 Å². The Morgan fingerprint density at radius 1 is 1.10 bits per heavy atom. The Kier molecular flexibility index (Phi) is 5.10. The Bertz CT molecular complexity index is 1260. The van der Waals surface area contributed by atoms with Crippen LogP contribution in [-0.4, -0.2) is 27.8 Å². The van der Waals surface area contributed by atoms with Gasteiger partial charge in [-0.15, -0.1) is 0 Å². The number of benzene rings is 2. The van der Waals surface area contributed by atoms with E-state index in [1.807, 2.05) is 0 Å². The van der Waals surface area contributed by atoms with Gasteiger partial charge in [-0.2, -0.15) is 18.3 Å². The quantitative estimate of drug-likeness (QED) is 0.503. The lowest BCUT2D eigenvalue weighted by Gasteiger charge is -2.12. The number of alkyl halides is 3. The molecule has 0 spiro atoms. The molecule has 4 aromatic rings. The number of carbonyl (C=O) groups is 1. The molecule has 0 radical (unpaired) electrons. The molecule has 0 aliphatic rings. The van der Waals surface area contributed by atoms with Crippen molar-refractivity contribution in [2.45, 2.75) is 6.18 Å². The Morgan fingerprint density at radius 3 is 2.48 bits per heavy atom. The molecular formula is C22H17F3N4O2. The van der Waals surface area contributed by atoms with E-state index in [1.54, 1.807) is 31.3 Å². The molecule has 0 unspecified atom stereocenters. The van der Waals surface area contributed by atoms with Crippen LogP contribution in [0.4, 0.5) is 18.9 Å². The summed E-state index contributed by atoms with van der Waals surface area (Å²) in [4.78, 5) is 17.6. The Hall–Kier alpha value is -3.88. The number of aromatic nitrogens is 3. The largest absolute Gasteiger partial charge is 0.495 e. The first-order chi connectivity index (χ1) is 14.8. The van der Waals surface area contributed by atoms with E-state index in [4.69, 9.17) is 4.74 Å². The summed E-state index contributed by atoms with van der Waals surface area (Å²) < 4.78 is 45.4. The highest BCUT2D eigenvalue weighted by Gasteiger charge is 2.30. The average Bonchev–Trinajstić information content (AvgIpc) is 3.13. The Labute approximate surface area is 175 Å². The van der Waals surface area contributed by atoms with Crippen molar-refractivity contribution in [3.63, 3.8) is 0 Å². The highest BCUT2D eigenvalue weighted by atomic mass is 19.4. The molecular weight excluding hydrogens is 409 g/mol. The average molecular weight is 426 g/mol. The number of nitrogens with zero attached hydrogens (tertiary/aromatic N) is 3. The SMILES string of the molecule is COc1ccccc1NC(=O)c1cc(-c2ccc(C(F)(F)F)cc2)nc2c1cnn2C. The number of aryl methyl sites for hydroxylation is 1. The predicted molar refractivity (Wildman–Crippen MR) is 110 cm³/mol. The van der Waals surface area contributed by atoms with E-state index in [1.165, 1.54) is 36.2 Å². The predicted octanol–water partition coefficient (Wildman–Crippen LogP) is 4.92. The van der Waals surface area contributed by atoms with Crippen LogP contribution in [0.1, 0.15) is 15.9 Å². The topological polar surface area (TPSA) is 69.0 Å². The van der Waals surface area contributed by atoms with Crippen molar-refractivity contribution in [1.29, 1.82) is 0 Å². The molecule has 0 saturated heterocycles. The number of halogens is 3. The van der Waals surface area contributed by atoms with Crippen LogP contribution in [0.3, 0.4) is 0 Å². The van der Waals surface area contributed by atoms with Gasteiger partial charge in [-0.1, -0.05) is 24.3 Å². The maximum atomic E-state index is 13.1. The number of fused-ring (bicyclic) bond motifs is 1. The van der Waals surface area contributed by atoms with E-state index < -0.39 is 17.6 Å². The molecule has 0 atom stereocenters. The zero-order chi connectivity index (χ0) is 22.2. The number of rotatable bonds is 4. The second-order valence-corrected chi connectivity index (χ2v) is 6.79. The maximum absolute atomic E-state index is 13.1. The molecule has 0 aliphatic carbocycles. The highest BCUT2D eigenvalue weighted by Crippen LogP contribution is 2.32. The number of hydrogen-bond donors (Lipinski definition) is 1. The second-order valence-electron chi connectivity index (χ2n) is 6.79. The van der Waals surface area contributed by atoms with Gasteiger partial charge in [-0.3, -0.25) is 9.48 Å². The van der Waals surface area contributed by atoms with Gasteiger partial charge in [0.25, 0.3) is 5.91 Å². The Morgan fingerprint density at radius 2 is 1.81 bits per heavy atom. The van der Waals surface area contributed by atoms with Crippen molar-refractivity contribution >= 4 is 22.6 Å². The molecule has 2 heterocycles. The third-order valence-electron chi connectivity index (χ3n) is 4.81. The molecule has 31 heavy (non-hydrogen) atoms. The van der Waals surface area contributed by atoms with Crippen LogP contribution in [0, 0.1) is 0 Å². The first kappa shape index (κ1) is 20.4. The normalized spacial score (nSPS) is 11.5. The van der Waals surface area contributed by atoms with Gasteiger partial charge in [0.15, 0.2) is 5.65 Å². The van der Waals surface area contributed by atoms with E-state index in [2.05, 4.69) is 15.4 Å². The summed E-state index contributed by atoms with van der Waals surface area (Å²) >= 11 is 0. The zero-order valence-electron chi connectivity index (χ0n) is 16.6. The first-order valence-corrected chi connectivity index (χ1v) is 9.22. The number of hydrogen-bond acceptors (Lipinski definition) is 4. The molecule has 1 amide bonds. The van der Waals surface area contributed by atoms with Gasteiger partial charge >= 0.3 is 6.18 Å². The van der Waals surface area contributed by atoms with Crippen molar-refractivity contribution < 1.29 is 22.7 Å². The number of carbonyl (C=O) groups excluding carboxylic acids is 1. The third kappa shape index (κ3) is 3.94. The molecule has 2 aromatic carbocycles. The van der Waals surface area contributed by atoms with Gasteiger partial charge in [0.2, 0.25) is 0 Å². The summed E-state index contributed by atoms with van der Waals surface area (Å²) in [6, 6.07) is 13.1. The van der Waals surface area contributed by atoms with Gasteiger partial charge in [0.05, 0.1) is 41.2 Å². The van der Waals surface area contributed by atoms with Crippen molar-refractivity contribution in [2.75, 3.05) is 12.4 Å². The van der Waals surface area contributed by atoms with Crippen molar-refractivity contribution in [1.82, 2.24) is 14.8 Å². The number of ether oxygens (including phenoxy) is 1. The van der Waals surface area contributed by atoms with Crippen LogP contribution >= 0.6 is 0 Å². The van der Waals surface area contributed by atoms with Gasteiger partial charge < -0.3 is 10.1 Å². The smallest absolute Gasteiger partial charge is 0.416 e. The van der Waals surface area contributed by atoms with Crippen LogP contribution in [-0.2, 0) is 13.2 Å². The summed E-state index contributed by atoms with van der Waals surface area (Å²) in [5.74, 6) is 0.0772. The molecule has 0 fully saturated rings. The van der Waals surface area contributed by atoms with Crippen molar-refractivity contribution in [3.8, 4) is 17.0 Å². The number of pyridine rings is 1. The number of methoxy groups -OCH3 is 1. The number of para-hydroxylation sites is 2. The van der Waals surface area contributed by atoms with Gasteiger partial charge in [-0.25, -0.2) is 4.98 Å². The van der Waals surface area contributed by atoms with Crippen molar-refractivity contribution in [3.05, 3.63) is 71.9 Å². The van der Waals surface area contributed by atoms with E-state index >= 15 is 0 Å². The van der Waals surface area contributed by atoms with Crippen LogP contribution in [0.25, 0.3) is 22.3 Å². The minimum atomic E-state index is -4.43. The summed E-state index contributed by atoms with van der Waals surface area (Å²) in [5.41, 5.74) is 1.26. The fraction of sp³-hybridized carbons (Fsp3) is 0.136. The van der Waals surface area contributed by atoms with E-state index in [0.717, 1.165) is 12.1 Å². The maximum Gasteiger partial charge on any atom is 0.416 e. The molecule has 0 aliphatic heterocycles. The fourth-order valence-corrected chi connectivity index (χ4v) is 3.22. The summed E-state index contributed by atoms with van der Waals surface area (Å²) in [6.07, 6.45) is -2.91. The van der Waals surface area contributed by atoms with Crippen LogP contribution in [0.5, 0.6) is 5.75 Å². The minimum Gasteiger partial charge on any atom is -0.495 e. The number of nitrogens with one attached hydrogen (secondary N) is 1. The third-order valence-corrected chi connectivity index (χ3v) is 4.81. The molecule has 6 nitrogen and oxygen atoms in total. The summed E-state index contributed by atoms with van der Waals surface area (Å²) in [7, 11) is 3.17. The first-order valence-electron chi connectivity index (χ1n) is 9.22. The Balaban J connectivity index is 1.78. The lowest BCUT2D eigenvalue weighted by molar-refractivity contribution is -0.137. The monoisotopic (exact) mass is 426 g/mol. The molecule has 158 valence electrons. The number of amides is 1. The van der Waals surface area contributed by atoms with E-state index in [9.17, 15) is 18.0 Å². The second kappa shape index (κ2) is 7.75. The standard InChI is InChI=1S/C22H17F3N4O2/c1-29-20-16(12-26-29)15(21(30)28-17-5-3-4-6-19(17)31-2)11-18(27-20)13-7-9-14(10-8-13)22(23,24)25/h3-12H,1-2H3,(H,28,30). The van der Waals surface area contributed by atoms with Crippen molar-refractivity contribution in [2.24, 2.45) is 7.05 Å². The lowest BCUT2D eigenvalue weighted by Crippen LogP contribution is -2.13. The highest BCUT2D eigenvalue weighted by molar-refractivity contribution is 6.13. The van der Waals surface area contributed by atoms with E-state index in [-0.39, 0.29) is 0 Å². The number of anilines is 1. The summed E-state index contributed by atoms with van der Waals surface area (Å²) in [5, 5.41) is 7.49. The fourth-order valence-electron chi connectivity index (χ4n) is 3.22. The zero-order valence-corrected chi connectivity index (χ0v) is 16.6. The lowest BCUT2D eigenvalue weighted by atomic mass is 10.0.